The van der Waals surface area contributed by atoms with Gasteiger partial charge in [0, 0.05) is 18.1 Å². The Labute approximate surface area is 188 Å². The number of benzene rings is 2. The van der Waals surface area contributed by atoms with Crippen molar-refractivity contribution in [1.29, 1.82) is 0 Å². The smallest absolute Gasteiger partial charge is 0.414 e. The maximum atomic E-state index is 14.7. The number of nitrogens with zero attached hydrogens (tertiary/aromatic N) is 2. The van der Waals surface area contributed by atoms with Crippen molar-refractivity contribution in [3.8, 4) is 0 Å². The van der Waals surface area contributed by atoms with Crippen LogP contribution in [0, 0.1) is 5.82 Å². The Morgan fingerprint density at radius 2 is 1.87 bits per heavy atom. The summed E-state index contributed by atoms with van der Waals surface area (Å²) in [4.78, 5) is 15.9. The number of ether oxygens (including phenoxy) is 2. The molecule has 2 aromatic carbocycles. The highest BCUT2D eigenvalue weighted by atomic mass is 35.5. The van der Waals surface area contributed by atoms with E-state index >= 15 is 0 Å². The van der Waals surface area contributed by atoms with E-state index in [1.54, 1.807) is 12.1 Å². The quantitative estimate of drug-likeness (QED) is 0.555. The van der Waals surface area contributed by atoms with Crippen LogP contribution in [0.25, 0.3) is 0 Å². The molecule has 31 heavy (non-hydrogen) atoms. The maximum Gasteiger partial charge on any atom is 0.414 e. The molecule has 0 radical (unpaired) electrons. The summed E-state index contributed by atoms with van der Waals surface area (Å²) in [5.74, 6) is 0.00211. The second-order valence-electron chi connectivity index (χ2n) is 7.88. The Kier molecular flexibility index (Phi) is 7.79. The molecule has 1 amide bonds. The van der Waals surface area contributed by atoms with Gasteiger partial charge in [0.15, 0.2) is 0 Å². The zero-order chi connectivity index (χ0) is 21.1. The fourth-order valence-corrected chi connectivity index (χ4v) is 4.13. The van der Waals surface area contributed by atoms with Crippen molar-refractivity contribution in [3.63, 3.8) is 0 Å². The van der Waals surface area contributed by atoms with Crippen LogP contribution in [0.4, 0.5) is 20.6 Å². The number of carbonyl (C=O) groups excluding carboxylic acids is 1. The van der Waals surface area contributed by atoms with E-state index in [1.165, 1.54) is 16.5 Å². The van der Waals surface area contributed by atoms with Crippen LogP contribution in [-0.4, -0.2) is 45.0 Å². The highest BCUT2D eigenvalue weighted by Crippen LogP contribution is 2.30. The highest BCUT2D eigenvalue weighted by molar-refractivity contribution is 6.30. The molecular weight excluding hydrogens is 419 g/mol. The third-order valence-corrected chi connectivity index (χ3v) is 6.08. The summed E-state index contributed by atoms with van der Waals surface area (Å²) in [6.45, 7) is 5.09. The molecule has 0 aromatic heterocycles. The molecule has 0 saturated carbocycles. The van der Waals surface area contributed by atoms with Gasteiger partial charge in [-0.1, -0.05) is 38.1 Å². The molecule has 0 bridgehead atoms. The first-order chi connectivity index (χ1) is 14.5. The largest absolute Gasteiger partial charge is 0.444 e. The van der Waals surface area contributed by atoms with Gasteiger partial charge in [-0.3, -0.25) is 4.90 Å². The first-order valence-corrected chi connectivity index (χ1v) is 10.7. The van der Waals surface area contributed by atoms with Crippen molar-refractivity contribution < 1.29 is 18.7 Å². The van der Waals surface area contributed by atoms with Crippen molar-refractivity contribution in [3.05, 3.63) is 58.9 Å². The molecule has 5 nitrogen and oxygen atoms in total. The molecule has 2 aromatic rings. The van der Waals surface area contributed by atoms with Gasteiger partial charge in [0.2, 0.25) is 0 Å². The molecular formula is C24H30ClFN2O3. The summed E-state index contributed by atoms with van der Waals surface area (Å²) < 4.78 is 25.6. The van der Waals surface area contributed by atoms with Crippen LogP contribution >= 0.6 is 11.6 Å². The highest BCUT2D eigenvalue weighted by Gasteiger charge is 2.33. The van der Waals surface area contributed by atoms with Crippen LogP contribution in [0.3, 0.4) is 0 Å². The van der Waals surface area contributed by atoms with Crippen LogP contribution in [-0.2, 0) is 9.47 Å². The molecule has 168 valence electrons. The monoisotopic (exact) mass is 448 g/mol. The zero-order valence-electron chi connectivity index (χ0n) is 17.0. The van der Waals surface area contributed by atoms with Crippen LogP contribution in [0.2, 0.25) is 5.02 Å². The van der Waals surface area contributed by atoms with Gasteiger partial charge in [-0.15, -0.1) is 0 Å². The summed E-state index contributed by atoms with van der Waals surface area (Å²) in [5.41, 5.74) is 2.28. The zero-order valence-corrected chi connectivity index (χ0v) is 17.8. The molecule has 2 heterocycles. The number of morpholine rings is 1. The van der Waals surface area contributed by atoms with Gasteiger partial charge in [-0.2, -0.15) is 0 Å². The van der Waals surface area contributed by atoms with Crippen LogP contribution in [0.5, 0.6) is 0 Å². The minimum Gasteiger partial charge on any atom is -0.444 e. The molecule has 2 atom stereocenters. The van der Waals surface area contributed by atoms with Crippen molar-refractivity contribution >= 4 is 29.1 Å². The van der Waals surface area contributed by atoms with Gasteiger partial charge in [-0.25, -0.2) is 9.18 Å². The van der Waals surface area contributed by atoms with Gasteiger partial charge >= 0.3 is 6.09 Å². The van der Waals surface area contributed by atoms with Crippen molar-refractivity contribution in [2.24, 2.45) is 0 Å². The number of hydrogen-bond acceptors (Lipinski definition) is 4. The molecule has 2 fully saturated rings. The van der Waals surface area contributed by atoms with E-state index in [2.05, 4.69) is 6.92 Å². The predicted octanol–water partition coefficient (Wildman–Crippen LogP) is 5.86. The summed E-state index contributed by atoms with van der Waals surface area (Å²) in [7, 11) is 0. The standard InChI is InChI=1S/C23H26ClFN2O3.CH4/c1-16(17-3-5-18(24)6-4-17)2-8-20-15-27(23(28)30-20)19-7-9-22(21(25)14-19)26-10-12-29-13-11-26;/h3-7,9,14,16,20H,2,8,10-13,15H2,1H3;1H4/t16-,20-;/m1./s1. The number of anilines is 2. The second kappa shape index (κ2) is 10.3. The summed E-state index contributed by atoms with van der Waals surface area (Å²) >= 11 is 5.95. The third-order valence-electron chi connectivity index (χ3n) is 5.83. The first-order valence-electron chi connectivity index (χ1n) is 10.4. The number of cyclic esters (lactones) is 1. The average Bonchev–Trinajstić information content (AvgIpc) is 3.13. The summed E-state index contributed by atoms with van der Waals surface area (Å²) in [5, 5.41) is 0.721. The van der Waals surface area contributed by atoms with Gasteiger partial charge in [-0.05, 0) is 54.7 Å². The van der Waals surface area contributed by atoms with E-state index in [0.717, 1.165) is 17.9 Å². The predicted molar refractivity (Wildman–Crippen MR) is 123 cm³/mol. The number of amides is 1. The normalized spacial score (nSPS) is 19.7. The summed E-state index contributed by atoms with van der Waals surface area (Å²) in [6.07, 6.45) is 1.02. The topological polar surface area (TPSA) is 42.0 Å². The Bertz CT molecular complexity index is 887. The fraction of sp³-hybridized carbons (Fsp3) is 0.458. The number of hydrogen-bond donors (Lipinski definition) is 0. The Morgan fingerprint density at radius 3 is 2.55 bits per heavy atom. The van der Waals surface area contributed by atoms with Crippen LogP contribution < -0.4 is 9.80 Å². The Morgan fingerprint density at radius 1 is 1.16 bits per heavy atom. The average molecular weight is 449 g/mol. The van der Waals surface area contributed by atoms with Crippen LogP contribution in [0.1, 0.15) is 38.7 Å². The molecule has 0 aliphatic carbocycles. The lowest BCUT2D eigenvalue weighted by atomic mass is 9.95. The molecule has 0 unspecified atom stereocenters. The number of halogens is 2. The molecule has 7 heteroatoms. The minimum atomic E-state index is -0.419. The van der Waals surface area contributed by atoms with E-state index in [9.17, 15) is 9.18 Å². The van der Waals surface area contributed by atoms with E-state index < -0.39 is 6.09 Å². The van der Waals surface area contributed by atoms with Crippen molar-refractivity contribution in [2.45, 2.75) is 39.2 Å². The lowest BCUT2D eigenvalue weighted by Gasteiger charge is -2.29. The number of rotatable bonds is 6. The van der Waals surface area contributed by atoms with Gasteiger partial charge < -0.3 is 14.4 Å². The third kappa shape index (κ3) is 5.49. The maximum absolute atomic E-state index is 14.7. The molecule has 4 rings (SSSR count). The molecule has 0 spiro atoms. The SMILES string of the molecule is C.C[C@H](CC[C@@H]1CN(c2ccc(N3CCOCC3)c(F)c2)C(=O)O1)c1ccc(Cl)cc1. The van der Waals surface area contributed by atoms with Gasteiger partial charge in [0.05, 0.1) is 31.1 Å². The van der Waals surface area contributed by atoms with Crippen molar-refractivity contribution in [2.75, 3.05) is 42.6 Å². The molecule has 2 saturated heterocycles. The van der Waals surface area contributed by atoms with E-state index in [4.69, 9.17) is 21.1 Å². The van der Waals surface area contributed by atoms with E-state index in [-0.39, 0.29) is 19.3 Å². The molecule has 2 aliphatic heterocycles. The minimum absolute atomic E-state index is 0. The fourth-order valence-electron chi connectivity index (χ4n) is 4.00. The first kappa shape index (κ1) is 23.4. The Hall–Kier alpha value is -2.31. The van der Waals surface area contributed by atoms with E-state index in [1.807, 2.05) is 29.2 Å². The van der Waals surface area contributed by atoms with E-state index in [0.29, 0.717) is 50.1 Å². The Balaban J connectivity index is 0.00000272. The lowest BCUT2D eigenvalue weighted by Crippen LogP contribution is -2.36. The summed E-state index contributed by atoms with van der Waals surface area (Å²) in [6, 6.07) is 12.8. The van der Waals surface area contributed by atoms with Gasteiger partial charge in [0.25, 0.3) is 0 Å². The number of carbonyl (C=O) groups is 1. The van der Waals surface area contributed by atoms with Crippen LogP contribution in [0.15, 0.2) is 42.5 Å². The lowest BCUT2D eigenvalue weighted by molar-refractivity contribution is 0.122. The van der Waals surface area contributed by atoms with Gasteiger partial charge in [0.1, 0.15) is 11.9 Å². The molecule has 0 N–H and O–H groups in total. The molecule has 2 aliphatic rings. The second-order valence-corrected chi connectivity index (χ2v) is 8.32. The van der Waals surface area contributed by atoms with Crippen molar-refractivity contribution in [1.82, 2.24) is 0 Å².